The first-order valence-electron chi connectivity index (χ1n) is 9.76. The van der Waals surface area contributed by atoms with E-state index in [9.17, 15) is 8.42 Å². The number of rotatable bonds is 3. The van der Waals surface area contributed by atoms with Gasteiger partial charge in [0.2, 0.25) is 10.0 Å². The van der Waals surface area contributed by atoms with Gasteiger partial charge in [0.15, 0.2) is 5.11 Å². The highest BCUT2D eigenvalue weighted by atomic mass is 32.2. The van der Waals surface area contributed by atoms with E-state index in [4.69, 9.17) is 12.2 Å². The van der Waals surface area contributed by atoms with Crippen LogP contribution in [0.1, 0.15) is 12.0 Å². The number of aryl methyl sites for hydroxylation is 1. The van der Waals surface area contributed by atoms with Crippen LogP contribution in [0.15, 0.2) is 59.5 Å². The molecule has 0 radical (unpaired) electrons. The van der Waals surface area contributed by atoms with Crippen molar-refractivity contribution in [3.63, 3.8) is 0 Å². The van der Waals surface area contributed by atoms with E-state index in [1.54, 1.807) is 16.4 Å². The molecule has 29 heavy (non-hydrogen) atoms. The largest absolute Gasteiger partial charge is 0.344 e. The fourth-order valence-corrected chi connectivity index (χ4v) is 7.23. The summed E-state index contributed by atoms with van der Waals surface area (Å²) in [6.45, 7) is 3.88. The number of hydrogen-bond donors (Lipinski definition) is 1. The predicted octanol–water partition coefficient (Wildman–Crippen LogP) is 3.57. The molecule has 0 spiro atoms. The number of sulfonamides is 1. The summed E-state index contributed by atoms with van der Waals surface area (Å²) in [6.07, 6.45) is 0.777. The summed E-state index contributed by atoms with van der Waals surface area (Å²) >= 11 is 7.55. The van der Waals surface area contributed by atoms with Gasteiger partial charge in [-0.1, -0.05) is 35.9 Å². The summed E-state index contributed by atoms with van der Waals surface area (Å²) in [5.41, 5.74) is 2.03. The highest BCUT2D eigenvalue weighted by Crippen LogP contribution is 2.34. The smallest absolute Gasteiger partial charge is 0.243 e. The van der Waals surface area contributed by atoms with Crippen molar-refractivity contribution in [3.05, 3.63) is 60.2 Å². The lowest BCUT2D eigenvalue weighted by atomic mass is 10.0. The van der Waals surface area contributed by atoms with Crippen molar-refractivity contribution in [2.45, 2.75) is 29.5 Å². The first kappa shape index (κ1) is 20.7. The van der Waals surface area contributed by atoms with Crippen molar-refractivity contribution in [2.75, 3.05) is 30.7 Å². The van der Waals surface area contributed by atoms with Crippen LogP contribution in [-0.2, 0) is 10.0 Å². The van der Waals surface area contributed by atoms with Gasteiger partial charge in [-0.2, -0.15) is 16.1 Å². The lowest BCUT2D eigenvalue weighted by Crippen LogP contribution is -2.59. The predicted molar refractivity (Wildman–Crippen MR) is 124 cm³/mol. The second kappa shape index (κ2) is 8.63. The van der Waals surface area contributed by atoms with E-state index >= 15 is 0 Å². The van der Waals surface area contributed by atoms with Gasteiger partial charge in [0.05, 0.1) is 4.90 Å². The molecule has 2 aromatic rings. The number of fused-ring (bicyclic) bond motifs is 1. The summed E-state index contributed by atoms with van der Waals surface area (Å²) in [6, 6.07) is 17.3. The van der Waals surface area contributed by atoms with E-state index in [2.05, 4.69) is 10.2 Å². The van der Waals surface area contributed by atoms with E-state index in [0.717, 1.165) is 35.1 Å². The first-order chi connectivity index (χ1) is 13.9. The number of anilines is 1. The summed E-state index contributed by atoms with van der Waals surface area (Å²) in [7, 11) is -3.46. The Bertz CT molecular complexity index is 964. The average molecular weight is 448 g/mol. The monoisotopic (exact) mass is 447 g/mol. The minimum atomic E-state index is -3.46. The Balaban J connectivity index is 1.46. The third-order valence-corrected chi connectivity index (χ3v) is 9.02. The zero-order chi connectivity index (χ0) is 20.4. The van der Waals surface area contributed by atoms with Crippen LogP contribution in [0.25, 0.3) is 0 Å². The Morgan fingerprint density at radius 3 is 2.55 bits per heavy atom. The molecule has 5 nitrogen and oxygen atoms in total. The highest BCUT2D eigenvalue weighted by Gasteiger charge is 2.41. The van der Waals surface area contributed by atoms with Crippen LogP contribution in [0.2, 0.25) is 0 Å². The van der Waals surface area contributed by atoms with Crippen molar-refractivity contribution < 1.29 is 8.42 Å². The van der Waals surface area contributed by atoms with Crippen molar-refractivity contribution in [1.29, 1.82) is 0 Å². The normalized spacial score (nSPS) is 22.7. The molecule has 4 rings (SSSR count). The fraction of sp³-hybridized carbons (Fsp3) is 0.381. The summed E-state index contributed by atoms with van der Waals surface area (Å²) in [4.78, 5) is 2.62. The van der Waals surface area contributed by atoms with Crippen molar-refractivity contribution in [1.82, 2.24) is 9.21 Å². The summed E-state index contributed by atoms with van der Waals surface area (Å²) in [5, 5.41) is 4.27. The fourth-order valence-electron chi connectivity index (χ4n) is 3.91. The second-order valence-electron chi connectivity index (χ2n) is 7.43. The van der Waals surface area contributed by atoms with Crippen LogP contribution in [-0.4, -0.2) is 59.4 Å². The average Bonchev–Trinajstić information content (AvgIpc) is 2.74. The number of nitrogens with zero attached hydrogens (tertiary/aromatic N) is 2. The third kappa shape index (κ3) is 4.45. The second-order valence-corrected chi connectivity index (χ2v) is 11.1. The van der Waals surface area contributed by atoms with Crippen molar-refractivity contribution in [3.8, 4) is 0 Å². The van der Waals surface area contributed by atoms with Gasteiger partial charge < -0.3 is 10.2 Å². The van der Waals surface area contributed by atoms with Gasteiger partial charge in [-0.25, -0.2) is 8.42 Å². The van der Waals surface area contributed by atoms with E-state index < -0.39 is 10.0 Å². The number of thiocarbonyl (C=S) groups is 1. The molecule has 0 aromatic heterocycles. The van der Waals surface area contributed by atoms with Gasteiger partial charge in [0.25, 0.3) is 0 Å². The molecule has 2 aromatic carbocycles. The molecular formula is C21H25N3O2S3. The molecular weight excluding hydrogens is 422 g/mol. The minimum absolute atomic E-state index is 0.216. The van der Waals surface area contributed by atoms with Crippen LogP contribution in [0.5, 0.6) is 0 Å². The molecule has 2 aliphatic rings. The third-order valence-electron chi connectivity index (χ3n) is 5.50. The molecule has 154 valence electrons. The Hall–Kier alpha value is -1.61. The molecule has 0 saturated carbocycles. The lowest BCUT2D eigenvalue weighted by molar-refractivity contribution is 0.217. The zero-order valence-electron chi connectivity index (χ0n) is 16.3. The standard InChI is InChI=1S/C21H25N3O2S3/c1-16-7-9-18(10-8-16)29(25,26)23-12-11-19-20(15-23)28-14-13-24(19)21(27)22-17-5-3-2-4-6-17/h2-10,19-20H,11-15H2,1H3,(H,22,27). The Kier molecular flexibility index (Phi) is 6.15. The van der Waals surface area contributed by atoms with Crippen molar-refractivity contribution >= 4 is 44.8 Å². The first-order valence-corrected chi connectivity index (χ1v) is 12.7. The zero-order valence-corrected chi connectivity index (χ0v) is 18.8. The van der Waals surface area contributed by atoms with Crippen LogP contribution < -0.4 is 5.32 Å². The molecule has 2 heterocycles. The van der Waals surface area contributed by atoms with Crippen LogP contribution in [0.3, 0.4) is 0 Å². The molecule has 2 atom stereocenters. The van der Waals surface area contributed by atoms with Gasteiger partial charge in [-0.3, -0.25) is 0 Å². The topological polar surface area (TPSA) is 52.7 Å². The van der Waals surface area contributed by atoms with E-state index in [1.165, 1.54) is 0 Å². The summed E-state index contributed by atoms with van der Waals surface area (Å²) in [5.74, 6) is 0.941. The van der Waals surface area contributed by atoms with Gasteiger partial charge in [0.1, 0.15) is 0 Å². The van der Waals surface area contributed by atoms with E-state index in [1.807, 2.05) is 61.2 Å². The number of hydrogen-bond acceptors (Lipinski definition) is 4. The number of benzene rings is 2. The maximum atomic E-state index is 13.1. The van der Waals surface area contributed by atoms with Crippen LogP contribution in [0, 0.1) is 6.92 Å². The van der Waals surface area contributed by atoms with Gasteiger partial charge in [0, 0.05) is 42.4 Å². The van der Waals surface area contributed by atoms with Gasteiger partial charge in [-0.05, 0) is 49.8 Å². The molecule has 8 heteroatoms. The van der Waals surface area contributed by atoms with Crippen LogP contribution >= 0.6 is 24.0 Å². The number of para-hydroxylation sites is 1. The van der Waals surface area contributed by atoms with Gasteiger partial charge >= 0.3 is 0 Å². The van der Waals surface area contributed by atoms with E-state index in [0.29, 0.717) is 18.0 Å². The molecule has 0 aliphatic carbocycles. The van der Waals surface area contributed by atoms with Gasteiger partial charge in [-0.15, -0.1) is 0 Å². The molecule has 0 amide bonds. The molecule has 2 unspecified atom stereocenters. The summed E-state index contributed by atoms with van der Waals surface area (Å²) < 4.78 is 27.8. The van der Waals surface area contributed by atoms with Crippen LogP contribution in [0.4, 0.5) is 5.69 Å². The number of piperidine rings is 1. The van der Waals surface area contributed by atoms with Crippen molar-refractivity contribution in [2.24, 2.45) is 0 Å². The number of thioether (sulfide) groups is 1. The molecule has 1 N–H and O–H groups in total. The lowest BCUT2D eigenvalue weighted by Gasteiger charge is -2.47. The van der Waals surface area contributed by atoms with E-state index in [-0.39, 0.29) is 11.3 Å². The molecule has 2 saturated heterocycles. The quantitative estimate of drug-likeness (QED) is 0.726. The SMILES string of the molecule is Cc1ccc(S(=O)(=O)N2CCC3C(C2)SCCN3C(=S)Nc2ccccc2)cc1. The Labute approximate surface area is 182 Å². The Morgan fingerprint density at radius 2 is 1.83 bits per heavy atom. The maximum Gasteiger partial charge on any atom is 0.243 e. The highest BCUT2D eigenvalue weighted by molar-refractivity contribution is 8.00. The minimum Gasteiger partial charge on any atom is -0.344 e. The molecule has 2 aliphatic heterocycles. The maximum absolute atomic E-state index is 13.1. The Morgan fingerprint density at radius 1 is 1.10 bits per heavy atom. The molecule has 0 bridgehead atoms. The number of nitrogens with one attached hydrogen (secondary N) is 1. The molecule has 2 fully saturated rings.